The van der Waals surface area contributed by atoms with Gasteiger partial charge in [0.05, 0.1) is 14.2 Å². The molecule has 25 heavy (non-hydrogen) atoms. The fourth-order valence-corrected chi connectivity index (χ4v) is 5.14. The molecule has 0 aromatic heterocycles. The van der Waals surface area contributed by atoms with Crippen molar-refractivity contribution >= 4 is 22.4 Å². The normalized spacial score (nSPS) is 25.6. The van der Waals surface area contributed by atoms with Crippen LogP contribution in [-0.2, 0) is 10.0 Å². The summed E-state index contributed by atoms with van der Waals surface area (Å²) in [6.45, 7) is 0. The molecule has 2 heterocycles. The van der Waals surface area contributed by atoms with Crippen molar-refractivity contribution in [2.75, 3.05) is 21.3 Å². The van der Waals surface area contributed by atoms with E-state index in [0.717, 1.165) is 31.7 Å². The van der Waals surface area contributed by atoms with Crippen molar-refractivity contribution in [1.82, 2.24) is 9.62 Å². The number of fused-ring (bicyclic) bond motifs is 2. The number of nitrogens with zero attached hydrogens (tertiary/aromatic N) is 1. The van der Waals surface area contributed by atoms with Crippen molar-refractivity contribution in [3.8, 4) is 11.5 Å². The van der Waals surface area contributed by atoms with E-state index in [-0.39, 0.29) is 34.8 Å². The Morgan fingerprint density at radius 1 is 1.12 bits per heavy atom. The topological polar surface area (TPSA) is 67.9 Å². The van der Waals surface area contributed by atoms with Crippen molar-refractivity contribution in [3.63, 3.8) is 0 Å². The predicted octanol–water partition coefficient (Wildman–Crippen LogP) is 2.17. The number of benzene rings is 1. The van der Waals surface area contributed by atoms with Crippen molar-refractivity contribution in [2.45, 2.75) is 48.7 Å². The summed E-state index contributed by atoms with van der Waals surface area (Å²) in [7, 11) is 0.344. The van der Waals surface area contributed by atoms with Gasteiger partial charge >= 0.3 is 0 Å². The first kappa shape index (κ1) is 20.2. The number of hydrogen-bond acceptors (Lipinski definition) is 5. The molecule has 0 aliphatic carbocycles. The molecule has 0 radical (unpaired) electrons. The van der Waals surface area contributed by atoms with Crippen LogP contribution in [0, 0.1) is 5.82 Å². The summed E-state index contributed by atoms with van der Waals surface area (Å²) in [6.07, 6.45) is 3.64. The molecular weight excluding hydrogens is 371 g/mol. The molecule has 6 nitrogen and oxygen atoms in total. The van der Waals surface area contributed by atoms with Crippen molar-refractivity contribution in [2.24, 2.45) is 0 Å². The van der Waals surface area contributed by atoms with Crippen LogP contribution in [0.5, 0.6) is 11.5 Å². The largest absolute Gasteiger partial charge is 0.493 e. The monoisotopic (exact) mass is 394 g/mol. The molecule has 1 N–H and O–H groups in total. The molecule has 0 spiro atoms. The Morgan fingerprint density at radius 3 is 2.16 bits per heavy atom. The second kappa shape index (κ2) is 7.65. The van der Waals surface area contributed by atoms with Crippen LogP contribution in [0.1, 0.15) is 25.7 Å². The minimum Gasteiger partial charge on any atom is -0.493 e. The second-order valence-corrected chi connectivity index (χ2v) is 8.39. The van der Waals surface area contributed by atoms with Crippen LogP contribution in [0.3, 0.4) is 0 Å². The maximum Gasteiger partial charge on any atom is 0.246 e. The summed E-state index contributed by atoms with van der Waals surface area (Å²) in [4.78, 5) is -0.381. The number of rotatable bonds is 5. The highest BCUT2D eigenvalue weighted by Gasteiger charge is 2.39. The third-order valence-electron chi connectivity index (χ3n) is 5.06. The molecule has 3 rings (SSSR count). The minimum atomic E-state index is -3.95. The number of methoxy groups -OCH3 is 2. The number of piperidine rings is 1. The average molecular weight is 395 g/mol. The van der Waals surface area contributed by atoms with Crippen LogP contribution in [0.4, 0.5) is 4.39 Å². The summed E-state index contributed by atoms with van der Waals surface area (Å²) in [5.41, 5.74) is 0. The van der Waals surface area contributed by atoms with Crippen LogP contribution in [0.2, 0.25) is 0 Å². The van der Waals surface area contributed by atoms with Crippen LogP contribution in [-0.4, -0.2) is 52.1 Å². The Balaban J connectivity index is 0.00000225. The molecule has 0 saturated carbocycles. The van der Waals surface area contributed by atoms with Gasteiger partial charge in [0.15, 0.2) is 11.5 Å². The molecule has 9 heteroatoms. The molecule has 2 unspecified atom stereocenters. The third kappa shape index (κ3) is 3.72. The maximum absolute atomic E-state index is 14.4. The van der Waals surface area contributed by atoms with E-state index < -0.39 is 15.8 Å². The highest BCUT2D eigenvalue weighted by molar-refractivity contribution is 7.89. The van der Waals surface area contributed by atoms with Crippen LogP contribution in [0.15, 0.2) is 17.0 Å². The smallest absolute Gasteiger partial charge is 0.246 e. The zero-order valence-corrected chi connectivity index (χ0v) is 16.1. The lowest BCUT2D eigenvalue weighted by Gasteiger charge is -2.34. The molecule has 2 bridgehead atoms. The van der Waals surface area contributed by atoms with Gasteiger partial charge in [0.2, 0.25) is 10.0 Å². The van der Waals surface area contributed by atoms with Gasteiger partial charge in [-0.05, 0) is 25.7 Å². The second-order valence-electron chi connectivity index (χ2n) is 6.42. The quantitative estimate of drug-likeness (QED) is 0.829. The molecule has 142 valence electrons. The number of ether oxygens (including phenoxy) is 2. The van der Waals surface area contributed by atoms with Gasteiger partial charge in [-0.1, -0.05) is 0 Å². The summed E-state index contributed by atoms with van der Waals surface area (Å²) >= 11 is 0. The fraction of sp³-hybridized carbons (Fsp3) is 0.625. The van der Waals surface area contributed by atoms with E-state index in [4.69, 9.17) is 9.47 Å². The Labute approximate surface area is 154 Å². The SMILES string of the molecule is COc1cc(F)c(S(=O)(=O)N(C)C2CC3CCC(C2)N3)cc1OC.Cl. The lowest BCUT2D eigenvalue weighted by Crippen LogP contribution is -2.48. The van der Waals surface area contributed by atoms with E-state index in [2.05, 4.69) is 5.32 Å². The Hall–Kier alpha value is -1.09. The number of sulfonamides is 1. The zero-order valence-electron chi connectivity index (χ0n) is 14.5. The van der Waals surface area contributed by atoms with Gasteiger partial charge in [0.25, 0.3) is 0 Å². The number of halogens is 2. The van der Waals surface area contributed by atoms with E-state index in [1.807, 2.05) is 0 Å². The first-order valence-electron chi connectivity index (χ1n) is 8.02. The van der Waals surface area contributed by atoms with Crippen LogP contribution < -0.4 is 14.8 Å². The van der Waals surface area contributed by atoms with Gasteiger partial charge in [0.1, 0.15) is 10.7 Å². The molecule has 2 saturated heterocycles. The standard InChI is InChI=1S/C16H23FN2O4S.ClH/c1-19(12-6-10-4-5-11(7-12)18-10)24(20,21)16-9-15(23-3)14(22-2)8-13(16)17;/h8-12,18H,4-7H2,1-3H3;1H. The lowest BCUT2D eigenvalue weighted by atomic mass is 10.0. The van der Waals surface area contributed by atoms with E-state index in [9.17, 15) is 12.8 Å². The number of nitrogens with one attached hydrogen (secondary N) is 1. The van der Waals surface area contributed by atoms with E-state index in [1.54, 1.807) is 0 Å². The minimum absolute atomic E-state index is 0. The van der Waals surface area contributed by atoms with Gasteiger partial charge in [-0.2, -0.15) is 4.31 Å². The molecule has 2 aliphatic rings. The average Bonchev–Trinajstić information content (AvgIpc) is 2.91. The van der Waals surface area contributed by atoms with Gasteiger partial charge in [-0.3, -0.25) is 0 Å². The van der Waals surface area contributed by atoms with E-state index in [1.165, 1.54) is 31.6 Å². The Kier molecular flexibility index (Phi) is 6.19. The first-order valence-corrected chi connectivity index (χ1v) is 9.46. The summed E-state index contributed by atoms with van der Waals surface area (Å²) < 4.78 is 51.7. The molecular formula is C16H24ClFN2O4S. The van der Waals surface area contributed by atoms with Gasteiger partial charge in [0, 0.05) is 37.3 Å². The Morgan fingerprint density at radius 2 is 1.64 bits per heavy atom. The van der Waals surface area contributed by atoms with Gasteiger partial charge in [-0.25, -0.2) is 12.8 Å². The molecule has 2 fully saturated rings. The predicted molar refractivity (Wildman–Crippen MR) is 94.7 cm³/mol. The highest BCUT2D eigenvalue weighted by atomic mass is 35.5. The van der Waals surface area contributed by atoms with Crippen molar-refractivity contribution in [3.05, 3.63) is 17.9 Å². The summed E-state index contributed by atoms with van der Waals surface area (Å²) in [5, 5.41) is 3.48. The molecule has 1 aromatic carbocycles. The molecule has 2 aliphatic heterocycles. The summed E-state index contributed by atoms with van der Waals surface area (Å²) in [6, 6.07) is 2.81. The first-order chi connectivity index (χ1) is 11.4. The molecule has 2 atom stereocenters. The molecule has 1 aromatic rings. The van der Waals surface area contributed by atoms with Crippen LogP contribution in [0.25, 0.3) is 0 Å². The van der Waals surface area contributed by atoms with Crippen LogP contribution >= 0.6 is 12.4 Å². The van der Waals surface area contributed by atoms with Gasteiger partial charge in [-0.15, -0.1) is 12.4 Å². The maximum atomic E-state index is 14.4. The zero-order chi connectivity index (χ0) is 17.5. The fourth-order valence-electron chi connectivity index (χ4n) is 3.71. The lowest BCUT2D eigenvalue weighted by molar-refractivity contribution is 0.251. The third-order valence-corrected chi connectivity index (χ3v) is 6.98. The Bertz CT molecular complexity index is 719. The summed E-state index contributed by atoms with van der Waals surface area (Å²) in [5.74, 6) is -0.482. The highest BCUT2D eigenvalue weighted by Crippen LogP contribution is 2.35. The molecule has 0 amide bonds. The van der Waals surface area contributed by atoms with Gasteiger partial charge < -0.3 is 14.8 Å². The number of hydrogen-bond donors (Lipinski definition) is 1. The van der Waals surface area contributed by atoms with E-state index in [0.29, 0.717) is 12.1 Å². The van der Waals surface area contributed by atoms with Crippen molar-refractivity contribution in [1.29, 1.82) is 0 Å². The van der Waals surface area contributed by atoms with E-state index >= 15 is 0 Å². The van der Waals surface area contributed by atoms with Crippen molar-refractivity contribution < 1.29 is 22.3 Å².